The highest BCUT2D eigenvalue weighted by molar-refractivity contribution is 5.88. The molecular formula is C19H26ClN3O3. The Labute approximate surface area is 159 Å². The first-order chi connectivity index (χ1) is 12.0. The summed E-state index contributed by atoms with van der Waals surface area (Å²) in [4.78, 5) is 23.4. The predicted molar refractivity (Wildman–Crippen MR) is 106 cm³/mol. The van der Waals surface area contributed by atoms with Crippen LogP contribution < -0.4 is 21.1 Å². The van der Waals surface area contributed by atoms with E-state index in [2.05, 4.69) is 10.6 Å². The van der Waals surface area contributed by atoms with E-state index in [-0.39, 0.29) is 36.7 Å². The molecule has 26 heavy (non-hydrogen) atoms. The lowest BCUT2D eigenvalue weighted by atomic mass is 10.1. The third kappa shape index (κ3) is 6.20. The number of fused-ring (bicyclic) bond motifs is 1. The Hall–Kier alpha value is -2.31. The molecule has 0 heterocycles. The molecule has 0 spiro atoms. The van der Waals surface area contributed by atoms with Crippen molar-refractivity contribution in [3.05, 3.63) is 42.5 Å². The SMILES string of the molecule is CC(C)[C@H](N)C(=O)NCC(=O)NCCOc1cccc2ccccc12.Cl. The molecule has 2 amide bonds. The molecule has 0 radical (unpaired) electrons. The average molecular weight is 380 g/mol. The number of rotatable bonds is 8. The first kappa shape index (κ1) is 21.7. The number of hydrogen-bond donors (Lipinski definition) is 3. The Balaban J connectivity index is 0.00000338. The van der Waals surface area contributed by atoms with Crippen molar-refractivity contribution in [3.8, 4) is 5.75 Å². The van der Waals surface area contributed by atoms with Crippen LogP contribution in [-0.2, 0) is 9.59 Å². The molecule has 2 aromatic rings. The van der Waals surface area contributed by atoms with Crippen LogP contribution in [0.5, 0.6) is 5.75 Å². The molecule has 2 aromatic carbocycles. The van der Waals surface area contributed by atoms with E-state index >= 15 is 0 Å². The van der Waals surface area contributed by atoms with Crippen molar-refractivity contribution < 1.29 is 14.3 Å². The van der Waals surface area contributed by atoms with Gasteiger partial charge in [0, 0.05) is 5.39 Å². The smallest absolute Gasteiger partial charge is 0.239 e. The lowest BCUT2D eigenvalue weighted by molar-refractivity contribution is -0.127. The highest BCUT2D eigenvalue weighted by Crippen LogP contribution is 2.24. The molecule has 0 aliphatic carbocycles. The number of ether oxygens (including phenoxy) is 1. The van der Waals surface area contributed by atoms with Crippen molar-refractivity contribution in [1.29, 1.82) is 0 Å². The van der Waals surface area contributed by atoms with E-state index in [4.69, 9.17) is 10.5 Å². The van der Waals surface area contributed by atoms with Gasteiger partial charge in [-0.15, -0.1) is 12.4 Å². The fraction of sp³-hybridized carbons (Fsp3) is 0.368. The van der Waals surface area contributed by atoms with Crippen molar-refractivity contribution >= 4 is 35.0 Å². The van der Waals surface area contributed by atoms with Crippen molar-refractivity contribution in [2.75, 3.05) is 19.7 Å². The quantitative estimate of drug-likeness (QED) is 0.610. The summed E-state index contributed by atoms with van der Waals surface area (Å²) in [6.07, 6.45) is 0. The van der Waals surface area contributed by atoms with Crippen LogP contribution in [0.3, 0.4) is 0 Å². The van der Waals surface area contributed by atoms with Gasteiger partial charge in [0.25, 0.3) is 0 Å². The van der Waals surface area contributed by atoms with Gasteiger partial charge in [0.1, 0.15) is 12.4 Å². The lowest BCUT2D eigenvalue weighted by Crippen LogP contribution is -2.47. The summed E-state index contributed by atoms with van der Waals surface area (Å²) in [7, 11) is 0. The molecule has 1 atom stereocenters. The number of amides is 2. The average Bonchev–Trinajstić information content (AvgIpc) is 2.62. The molecule has 6 nitrogen and oxygen atoms in total. The van der Waals surface area contributed by atoms with Gasteiger partial charge in [-0.05, 0) is 17.4 Å². The van der Waals surface area contributed by atoms with Gasteiger partial charge in [-0.1, -0.05) is 50.2 Å². The largest absolute Gasteiger partial charge is 0.491 e. The second-order valence-electron chi connectivity index (χ2n) is 6.16. The van der Waals surface area contributed by atoms with Gasteiger partial charge in [0.15, 0.2) is 0 Å². The molecule has 0 aliphatic rings. The van der Waals surface area contributed by atoms with Crippen LogP contribution in [0.1, 0.15) is 13.8 Å². The third-order valence-corrected chi connectivity index (χ3v) is 3.88. The summed E-state index contributed by atoms with van der Waals surface area (Å²) in [5.74, 6) is 0.212. The maximum absolute atomic E-state index is 11.7. The van der Waals surface area contributed by atoms with Gasteiger partial charge in [-0.2, -0.15) is 0 Å². The fourth-order valence-corrected chi connectivity index (χ4v) is 2.32. The van der Waals surface area contributed by atoms with Gasteiger partial charge in [0.05, 0.1) is 19.1 Å². The summed E-state index contributed by atoms with van der Waals surface area (Å²) >= 11 is 0. The Morgan fingerprint density at radius 2 is 1.77 bits per heavy atom. The molecule has 0 bridgehead atoms. The lowest BCUT2D eigenvalue weighted by Gasteiger charge is -2.15. The van der Waals surface area contributed by atoms with Crippen LogP contribution in [0.2, 0.25) is 0 Å². The van der Waals surface area contributed by atoms with Gasteiger partial charge >= 0.3 is 0 Å². The summed E-state index contributed by atoms with van der Waals surface area (Å²) < 4.78 is 5.74. The third-order valence-electron chi connectivity index (χ3n) is 3.88. The van der Waals surface area contributed by atoms with Crippen LogP contribution in [0.15, 0.2) is 42.5 Å². The zero-order valence-electron chi connectivity index (χ0n) is 15.0. The summed E-state index contributed by atoms with van der Waals surface area (Å²) in [6.45, 7) is 4.32. The molecule has 0 saturated heterocycles. The molecule has 0 fully saturated rings. The Morgan fingerprint density at radius 3 is 2.50 bits per heavy atom. The molecule has 142 valence electrons. The molecule has 0 aromatic heterocycles. The number of hydrogen-bond acceptors (Lipinski definition) is 4. The summed E-state index contributed by atoms with van der Waals surface area (Å²) in [5, 5.41) is 7.37. The standard InChI is InChI=1S/C19H25N3O3.ClH/c1-13(2)18(20)19(24)22-12-17(23)21-10-11-25-16-9-5-7-14-6-3-4-8-15(14)16;/h3-9,13,18H,10-12,20H2,1-2H3,(H,21,23)(H,22,24);1H/t18-;/m0./s1. The number of carbonyl (C=O) groups excluding carboxylic acids is 2. The Kier molecular flexibility index (Phi) is 8.88. The highest BCUT2D eigenvalue weighted by Gasteiger charge is 2.17. The van der Waals surface area contributed by atoms with E-state index in [0.29, 0.717) is 13.2 Å². The molecule has 7 heteroatoms. The van der Waals surface area contributed by atoms with Crippen molar-refractivity contribution in [1.82, 2.24) is 10.6 Å². The molecule has 0 saturated carbocycles. The monoisotopic (exact) mass is 379 g/mol. The maximum atomic E-state index is 11.7. The van der Waals surface area contributed by atoms with Crippen molar-refractivity contribution in [3.63, 3.8) is 0 Å². The first-order valence-electron chi connectivity index (χ1n) is 8.39. The Bertz CT molecular complexity index is 732. The van der Waals surface area contributed by atoms with Crippen molar-refractivity contribution in [2.24, 2.45) is 11.7 Å². The minimum absolute atomic E-state index is 0. The topological polar surface area (TPSA) is 93.5 Å². The van der Waals surface area contributed by atoms with Crippen LogP contribution in [0, 0.1) is 5.92 Å². The van der Waals surface area contributed by atoms with E-state index in [1.807, 2.05) is 56.3 Å². The molecule has 4 N–H and O–H groups in total. The molecule has 0 unspecified atom stereocenters. The zero-order valence-corrected chi connectivity index (χ0v) is 15.8. The number of nitrogens with one attached hydrogen (secondary N) is 2. The van der Waals surface area contributed by atoms with E-state index in [0.717, 1.165) is 16.5 Å². The normalized spacial score (nSPS) is 11.5. The number of carbonyl (C=O) groups is 2. The summed E-state index contributed by atoms with van der Waals surface area (Å²) in [6, 6.07) is 13.2. The molecular weight excluding hydrogens is 354 g/mol. The minimum atomic E-state index is -0.609. The first-order valence-corrected chi connectivity index (χ1v) is 8.39. The predicted octanol–water partition coefficient (Wildman–Crippen LogP) is 1.86. The van der Waals surface area contributed by atoms with Gasteiger partial charge in [-0.3, -0.25) is 9.59 Å². The minimum Gasteiger partial charge on any atom is -0.491 e. The van der Waals surface area contributed by atoms with E-state index in [1.165, 1.54) is 0 Å². The van der Waals surface area contributed by atoms with Crippen LogP contribution in [-0.4, -0.2) is 37.6 Å². The maximum Gasteiger partial charge on any atom is 0.239 e. The van der Waals surface area contributed by atoms with Gasteiger partial charge in [-0.25, -0.2) is 0 Å². The second-order valence-corrected chi connectivity index (χ2v) is 6.16. The summed E-state index contributed by atoms with van der Waals surface area (Å²) in [5.41, 5.74) is 5.71. The van der Waals surface area contributed by atoms with Gasteiger partial charge < -0.3 is 21.1 Å². The molecule has 0 aliphatic heterocycles. The van der Waals surface area contributed by atoms with Crippen LogP contribution in [0.25, 0.3) is 10.8 Å². The second kappa shape index (κ2) is 10.6. The zero-order chi connectivity index (χ0) is 18.2. The van der Waals surface area contributed by atoms with E-state index in [9.17, 15) is 9.59 Å². The Morgan fingerprint density at radius 1 is 1.08 bits per heavy atom. The fourth-order valence-electron chi connectivity index (χ4n) is 2.32. The highest BCUT2D eigenvalue weighted by atomic mass is 35.5. The molecule has 2 rings (SSSR count). The van der Waals surface area contributed by atoms with Crippen molar-refractivity contribution in [2.45, 2.75) is 19.9 Å². The van der Waals surface area contributed by atoms with Gasteiger partial charge in [0.2, 0.25) is 11.8 Å². The van der Waals surface area contributed by atoms with Crippen LogP contribution in [0.4, 0.5) is 0 Å². The number of halogens is 1. The van der Waals surface area contributed by atoms with E-state index < -0.39 is 6.04 Å². The van der Waals surface area contributed by atoms with E-state index in [1.54, 1.807) is 0 Å². The number of benzene rings is 2. The van der Waals surface area contributed by atoms with Crippen LogP contribution >= 0.6 is 12.4 Å². The number of nitrogens with two attached hydrogens (primary N) is 1.